The summed E-state index contributed by atoms with van der Waals surface area (Å²) in [6.07, 6.45) is 3.16. The van der Waals surface area contributed by atoms with E-state index in [4.69, 9.17) is 5.73 Å². The molecule has 0 aliphatic heterocycles. The fourth-order valence-corrected chi connectivity index (χ4v) is 4.38. The van der Waals surface area contributed by atoms with E-state index < -0.39 is 78.6 Å². The van der Waals surface area contributed by atoms with Crippen LogP contribution >= 0.6 is 0 Å². The molecule has 0 fully saturated rings. The lowest BCUT2D eigenvalue weighted by atomic mass is 9.88. The topological polar surface area (TPSA) is 78.6 Å². The van der Waals surface area contributed by atoms with E-state index in [9.17, 15) is 84.2 Å². The van der Waals surface area contributed by atoms with Crippen LogP contribution in [0.3, 0.4) is 0 Å². The lowest BCUT2D eigenvalue weighted by Gasteiger charge is -2.42. The van der Waals surface area contributed by atoms with Crippen LogP contribution in [0.5, 0.6) is 0 Å². The van der Waals surface area contributed by atoms with Crippen LogP contribution in [0.2, 0.25) is 0 Å². The van der Waals surface area contributed by atoms with E-state index in [1.165, 1.54) is 38.5 Å². The van der Waals surface area contributed by atoms with Gasteiger partial charge in [0, 0.05) is 0 Å². The third-order valence-corrected chi connectivity index (χ3v) is 7.70. The van der Waals surface area contributed by atoms with E-state index in [0.29, 0.717) is 6.42 Å². The third kappa shape index (κ3) is 11.6. The van der Waals surface area contributed by atoms with Gasteiger partial charge in [-0.15, -0.1) is 0 Å². The number of ether oxygens (including phenoxy) is 2. The quantitative estimate of drug-likeness (QED) is 0.0409. The number of unbranched alkanes of at least 4 members (excludes halogenated alkanes) is 13. The zero-order valence-electron chi connectivity index (χ0n) is 27.2. The molecular weight excluding hydrogens is 749 g/mol. The number of alkyl halides is 17. The molecule has 0 aromatic rings. The highest BCUT2D eigenvalue weighted by Crippen LogP contribution is 2.64. The minimum Gasteiger partial charge on any atom is -0.464 e. The van der Waals surface area contributed by atoms with Crippen LogP contribution in [0.15, 0.2) is 0 Å². The SMILES string of the molecule is CCCCCCCCCCCCCCCCOC(=O)C(N)C(=O)OCCC(F)(F)C(F)(F)C(F)(F)C(F)(F)C(F)(F)C(F)(F)C(F)(F)C(F)(F)F. The summed E-state index contributed by atoms with van der Waals surface area (Å²) in [7, 11) is 0. The van der Waals surface area contributed by atoms with Crippen LogP contribution in [0.1, 0.15) is 103 Å². The first-order valence-electron chi connectivity index (χ1n) is 15.8. The zero-order chi connectivity index (χ0) is 40.2. The van der Waals surface area contributed by atoms with Gasteiger partial charge in [-0.3, -0.25) is 0 Å². The summed E-state index contributed by atoms with van der Waals surface area (Å²) < 4.78 is 235. The molecule has 0 saturated carbocycles. The van der Waals surface area contributed by atoms with Crippen LogP contribution in [0, 0.1) is 0 Å². The average molecular weight is 790 g/mol. The van der Waals surface area contributed by atoms with Gasteiger partial charge in [-0.2, -0.15) is 74.6 Å². The maximum atomic E-state index is 13.9. The number of carbonyl (C=O) groups excluding carboxylic acids is 2. The average Bonchev–Trinajstić information content (AvgIpc) is 3.01. The van der Waals surface area contributed by atoms with Crippen molar-refractivity contribution in [2.75, 3.05) is 13.2 Å². The van der Waals surface area contributed by atoms with Crippen molar-refractivity contribution in [3.05, 3.63) is 0 Å². The van der Waals surface area contributed by atoms with E-state index in [0.717, 1.165) is 38.5 Å². The Kier molecular flexibility index (Phi) is 18.3. The Labute approximate surface area is 282 Å². The van der Waals surface area contributed by atoms with Gasteiger partial charge < -0.3 is 15.2 Å². The number of nitrogens with two attached hydrogens (primary N) is 1. The second-order valence-corrected chi connectivity index (χ2v) is 11.8. The normalized spacial score (nSPS) is 14.8. The number of hydrogen-bond acceptors (Lipinski definition) is 5. The molecule has 0 spiro atoms. The van der Waals surface area contributed by atoms with Crippen LogP contribution in [0.25, 0.3) is 0 Å². The molecule has 2 N–H and O–H groups in total. The van der Waals surface area contributed by atoms with Crippen molar-refractivity contribution >= 4 is 11.9 Å². The Bertz CT molecular complexity index is 1070. The van der Waals surface area contributed by atoms with Crippen molar-refractivity contribution in [1.82, 2.24) is 0 Å². The Morgan fingerprint density at radius 1 is 0.451 bits per heavy atom. The fourth-order valence-electron chi connectivity index (χ4n) is 4.38. The number of halogens is 17. The van der Waals surface area contributed by atoms with Crippen LogP contribution in [0.4, 0.5) is 74.6 Å². The van der Waals surface area contributed by atoms with Crippen molar-refractivity contribution in [2.24, 2.45) is 5.73 Å². The number of hydrogen-bond donors (Lipinski definition) is 1. The molecule has 0 amide bonds. The monoisotopic (exact) mass is 789 g/mol. The molecule has 5 nitrogen and oxygen atoms in total. The summed E-state index contributed by atoms with van der Waals surface area (Å²) in [6.45, 7) is -0.367. The molecule has 1 atom stereocenters. The Hall–Kier alpha value is -2.29. The van der Waals surface area contributed by atoms with Gasteiger partial charge in [0.25, 0.3) is 0 Å². The standard InChI is InChI=1S/C29H40F17NO4/c1-2-3-4-5-6-7-8-9-10-11-12-13-14-15-17-50-20(48)19(47)21(49)51-18-16-22(30,31)23(32,33)24(34,35)25(36,37)26(38,39)27(40,41)28(42,43)29(44,45)46/h19H,2-18,47H2,1H3. The van der Waals surface area contributed by atoms with E-state index in [1.54, 1.807) is 0 Å². The molecule has 0 radical (unpaired) electrons. The van der Waals surface area contributed by atoms with Crippen molar-refractivity contribution in [2.45, 2.75) is 157 Å². The van der Waals surface area contributed by atoms with Crippen molar-refractivity contribution in [3.8, 4) is 0 Å². The first-order chi connectivity index (χ1) is 23.0. The molecule has 22 heteroatoms. The lowest BCUT2D eigenvalue weighted by molar-refractivity contribution is -0.461. The van der Waals surface area contributed by atoms with Crippen LogP contribution in [-0.2, 0) is 19.1 Å². The molecule has 0 rings (SSSR count). The predicted octanol–water partition coefficient (Wildman–Crippen LogP) is 10.3. The third-order valence-electron chi connectivity index (χ3n) is 7.70. The molecule has 0 saturated heterocycles. The van der Waals surface area contributed by atoms with Gasteiger partial charge in [0.1, 0.15) is 0 Å². The zero-order valence-corrected chi connectivity index (χ0v) is 27.2. The molecular formula is C29H40F17NO4. The fraction of sp³-hybridized carbons (Fsp3) is 0.931. The minimum absolute atomic E-state index is 0.282. The van der Waals surface area contributed by atoms with Gasteiger partial charge in [-0.25, -0.2) is 9.59 Å². The molecule has 0 bridgehead atoms. The molecule has 1 unspecified atom stereocenters. The van der Waals surface area contributed by atoms with E-state index >= 15 is 0 Å². The number of esters is 2. The van der Waals surface area contributed by atoms with Crippen LogP contribution < -0.4 is 5.73 Å². The highest BCUT2D eigenvalue weighted by molar-refractivity contribution is 5.98. The maximum Gasteiger partial charge on any atom is 0.460 e. The minimum atomic E-state index is -8.74. The maximum absolute atomic E-state index is 13.9. The van der Waals surface area contributed by atoms with Gasteiger partial charge >= 0.3 is 59.6 Å². The van der Waals surface area contributed by atoms with Gasteiger partial charge in [0.2, 0.25) is 6.04 Å². The van der Waals surface area contributed by atoms with Gasteiger partial charge in [0.05, 0.1) is 19.6 Å². The summed E-state index contributed by atoms with van der Waals surface area (Å²) in [5.41, 5.74) is 5.14. The summed E-state index contributed by atoms with van der Waals surface area (Å²) in [5.74, 6) is -61.0. The summed E-state index contributed by atoms with van der Waals surface area (Å²) >= 11 is 0. The highest BCUT2D eigenvalue weighted by Gasteiger charge is 2.95. The van der Waals surface area contributed by atoms with E-state index in [2.05, 4.69) is 16.4 Å². The van der Waals surface area contributed by atoms with Gasteiger partial charge in [-0.1, -0.05) is 90.4 Å². The molecule has 0 heterocycles. The van der Waals surface area contributed by atoms with Crippen molar-refractivity contribution in [1.29, 1.82) is 0 Å². The Balaban J connectivity index is 4.94. The molecule has 0 aliphatic carbocycles. The van der Waals surface area contributed by atoms with Gasteiger partial charge in [0.15, 0.2) is 0 Å². The molecule has 304 valence electrons. The Morgan fingerprint density at radius 3 is 1.10 bits per heavy atom. The molecule has 0 aliphatic rings. The molecule has 0 aromatic heterocycles. The second-order valence-electron chi connectivity index (χ2n) is 11.8. The predicted molar refractivity (Wildman–Crippen MR) is 146 cm³/mol. The largest absolute Gasteiger partial charge is 0.464 e. The summed E-state index contributed by atoms with van der Waals surface area (Å²) in [6, 6.07) is -2.45. The molecule has 51 heavy (non-hydrogen) atoms. The first kappa shape index (κ1) is 48.7. The van der Waals surface area contributed by atoms with E-state index in [-0.39, 0.29) is 13.0 Å². The second kappa shape index (κ2) is 19.2. The summed E-state index contributed by atoms with van der Waals surface area (Å²) in [5, 5.41) is 0. The van der Waals surface area contributed by atoms with Crippen LogP contribution in [-0.4, -0.2) is 78.8 Å². The first-order valence-corrected chi connectivity index (χ1v) is 15.8. The smallest absolute Gasteiger partial charge is 0.460 e. The van der Waals surface area contributed by atoms with Gasteiger partial charge in [-0.05, 0) is 6.42 Å². The Morgan fingerprint density at radius 2 is 0.745 bits per heavy atom. The lowest BCUT2D eigenvalue weighted by Crippen LogP contribution is -2.74. The number of carbonyl (C=O) groups is 2. The summed E-state index contributed by atoms with van der Waals surface area (Å²) in [4.78, 5) is 23.6. The van der Waals surface area contributed by atoms with E-state index in [1.807, 2.05) is 0 Å². The molecule has 0 aromatic carbocycles. The highest BCUT2D eigenvalue weighted by atomic mass is 19.4. The van der Waals surface area contributed by atoms with Crippen molar-refractivity contribution in [3.63, 3.8) is 0 Å². The van der Waals surface area contributed by atoms with Crippen molar-refractivity contribution < 1.29 is 93.7 Å². The number of rotatable bonds is 26.